The Kier molecular flexibility index (Phi) is 15.7. The maximum absolute atomic E-state index is 11.1. The molecule has 7 nitrogen and oxygen atoms in total. The summed E-state index contributed by atoms with van der Waals surface area (Å²) in [7, 11) is 0. The number of carbonyl (C=O) groups excluding carboxylic acids is 1. The highest BCUT2D eigenvalue weighted by Gasteiger charge is 2.09. The minimum Gasteiger partial charge on any atom is -0.291 e. The molecule has 151 valence electrons. The van der Waals surface area contributed by atoms with E-state index in [0.717, 1.165) is 44.9 Å². The number of nitro groups is 2. The van der Waals surface area contributed by atoms with Crippen molar-refractivity contribution in [1.29, 1.82) is 0 Å². The zero-order chi connectivity index (χ0) is 20.3. The molecule has 0 N–H and O–H groups in total. The molecule has 7 heteroatoms. The standard InChI is InChI=1S/C20H31N2O5/c1-2-3-9-14-19(21(24)25)16-11-6-7-12-17-20(22(26)27)15-10-5-4-8-13-18-23/h6-7,16-17H,2-5,8-15H2,1H3/b7-6-,19-16+,20-17+. The predicted octanol–water partition coefficient (Wildman–Crippen LogP) is 5.67. The third-order valence-corrected chi connectivity index (χ3v) is 4.11. The molecule has 0 heterocycles. The predicted molar refractivity (Wildman–Crippen MR) is 106 cm³/mol. The van der Waals surface area contributed by atoms with Gasteiger partial charge < -0.3 is 0 Å². The zero-order valence-corrected chi connectivity index (χ0v) is 16.2. The molecule has 0 aliphatic heterocycles. The van der Waals surface area contributed by atoms with Gasteiger partial charge in [-0.05, 0) is 44.3 Å². The maximum Gasteiger partial charge on any atom is 0.242 e. The van der Waals surface area contributed by atoms with Crippen LogP contribution in [0.4, 0.5) is 0 Å². The Morgan fingerprint density at radius 2 is 1.30 bits per heavy atom. The van der Waals surface area contributed by atoms with Crippen LogP contribution in [0.5, 0.6) is 0 Å². The molecule has 0 aliphatic carbocycles. The minimum absolute atomic E-state index is 0.197. The number of nitrogens with zero attached hydrogens (tertiary/aromatic N) is 2. The molecule has 0 atom stereocenters. The molecule has 0 fully saturated rings. The summed E-state index contributed by atoms with van der Waals surface area (Å²) in [6, 6.07) is 0. The van der Waals surface area contributed by atoms with Crippen LogP contribution in [0.15, 0.2) is 35.7 Å². The van der Waals surface area contributed by atoms with E-state index in [9.17, 15) is 25.0 Å². The van der Waals surface area contributed by atoms with Crippen molar-refractivity contribution in [3.63, 3.8) is 0 Å². The van der Waals surface area contributed by atoms with Gasteiger partial charge in [0.15, 0.2) is 6.29 Å². The largest absolute Gasteiger partial charge is 0.291 e. The molecule has 0 bridgehead atoms. The second kappa shape index (κ2) is 17.1. The monoisotopic (exact) mass is 379 g/mol. The summed E-state index contributed by atoms with van der Waals surface area (Å²) in [6.45, 7) is 2.05. The number of rotatable bonds is 17. The Morgan fingerprint density at radius 1 is 0.815 bits per heavy atom. The zero-order valence-electron chi connectivity index (χ0n) is 16.2. The fraction of sp³-hybridized carbons (Fsp3) is 0.650. The topological polar surface area (TPSA) is 103 Å². The number of hydrogen-bond donors (Lipinski definition) is 0. The average Bonchev–Trinajstić information content (AvgIpc) is 2.63. The molecule has 0 saturated heterocycles. The van der Waals surface area contributed by atoms with Gasteiger partial charge in [-0.2, -0.15) is 0 Å². The fourth-order valence-corrected chi connectivity index (χ4v) is 2.55. The molecule has 0 aliphatic rings. The van der Waals surface area contributed by atoms with Gasteiger partial charge in [0.2, 0.25) is 11.4 Å². The van der Waals surface area contributed by atoms with Gasteiger partial charge in [0.05, 0.1) is 9.85 Å². The first-order valence-electron chi connectivity index (χ1n) is 9.69. The van der Waals surface area contributed by atoms with Gasteiger partial charge in [-0.3, -0.25) is 25.0 Å². The van der Waals surface area contributed by atoms with Crippen molar-refractivity contribution in [1.82, 2.24) is 0 Å². The van der Waals surface area contributed by atoms with E-state index >= 15 is 0 Å². The van der Waals surface area contributed by atoms with Gasteiger partial charge >= 0.3 is 0 Å². The lowest BCUT2D eigenvalue weighted by Crippen LogP contribution is -1.99. The third kappa shape index (κ3) is 14.5. The second-order valence-electron chi connectivity index (χ2n) is 6.36. The number of unbranched alkanes of at least 4 members (excludes halogenated alkanes) is 6. The molecule has 0 saturated carbocycles. The lowest BCUT2D eigenvalue weighted by molar-refractivity contribution is -0.428. The first-order valence-corrected chi connectivity index (χ1v) is 9.69. The number of allylic oxidation sites excluding steroid dienone is 6. The van der Waals surface area contributed by atoms with E-state index in [0.29, 0.717) is 32.1 Å². The summed E-state index contributed by atoms with van der Waals surface area (Å²) in [5.74, 6) is 0. The smallest absolute Gasteiger partial charge is 0.242 e. The molecular formula is C20H31N2O5. The molecule has 0 amide bonds. The first kappa shape index (κ1) is 24.7. The lowest BCUT2D eigenvalue weighted by Gasteiger charge is -1.99. The molecule has 0 aromatic heterocycles. The molecule has 0 aromatic carbocycles. The summed E-state index contributed by atoms with van der Waals surface area (Å²) in [5.41, 5.74) is 0.435. The minimum atomic E-state index is -0.356. The van der Waals surface area contributed by atoms with Crippen LogP contribution in [0.1, 0.15) is 84.0 Å². The Balaban J connectivity index is 4.29. The van der Waals surface area contributed by atoms with Crippen LogP contribution >= 0.6 is 0 Å². The van der Waals surface area contributed by atoms with Gasteiger partial charge in [-0.1, -0.05) is 44.8 Å². The third-order valence-electron chi connectivity index (χ3n) is 4.11. The summed E-state index contributed by atoms with van der Waals surface area (Å²) in [6.07, 6.45) is 16.9. The van der Waals surface area contributed by atoms with Gasteiger partial charge in [-0.25, -0.2) is 0 Å². The van der Waals surface area contributed by atoms with Crippen LogP contribution in [0.2, 0.25) is 0 Å². The van der Waals surface area contributed by atoms with E-state index in [2.05, 4.69) is 6.92 Å². The molecule has 0 unspecified atom stereocenters. The quantitative estimate of drug-likeness (QED) is 0.140. The van der Waals surface area contributed by atoms with Crippen molar-refractivity contribution < 1.29 is 14.6 Å². The van der Waals surface area contributed by atoms with Gasteiger partial charge in [0.1, 0.15) is 0 Å². The van der Waals surface area contributed by atoms with Crippen molar-refractivity contribution in [2.24, 2.45) is 0 Å². The normalized spacial score (nSPS) is 12.5. The fourth-order valence-electron chi connectivity index (χ4n) is 2.55. The van der Waals surface area contributed by atoms with Crippen LogP contribution in [0, 0.1) is 20.2 Å². The van der Waals surface area contributed by atoms with Crippen LogP contribution in [-0.4, -0.2) is 16.1 Å². The van der Waals surface area contributed by atoms with E-state index in [1.54, 1.807) is 24.3 Å². The van der Waals surface area contributed by atoms with Crippen LogP contribution in [-0.2, 0) is 4.79 Å². The molecule has 27 heavy (non-hydrogen) atoms. The van der Waals surface area contributed by atoms with Gasteiger partial charge in [0.25, 0.3) is 0 Å². The summed E-state index contributed by atoms with van der Waals surface area (Å²) in [5, 5.41) is 22.0. The molecular weight excluding hydrogens is 348 g/mol. The van der Waals surface area contributed by atoms with Crippen molar-refractivity contribution in [3.8, 4) is 0 Å². The molecule has 1 radical (unpaired) electrons. The molecule has 0 aromatic rings. The Hall–Kier alpha value is -2.31. The van der Waals surface area contributed by atoms with Crippen molar-refractivity contribution in [3.05, 3.63) is 55.9 Å². The van der Waals surface area contributed by atoms with Gasteiger partial charge in [0, 0.05) is 19.3 Å². The van der Waals surface area contributed by atoms with Crippen LogP contribution < -0.4 is 0 Å². The van der Waals surface area contributed by atoms with E-state index in [4.69, 9.17) is 0 Å². The Labute approximate surface area is 161 Å². The van der Waals surface area contributed by atoms with E-state index in [1.165, 1.54) is 0 Å². The van der Waals surface area contributed by atoms with Crippen LogP contribution in [0.25, 0.3) is 0 Å². The first-order chi connectivity index (χ1) is 13.0. The van der Waals surface area contributed by atoms with E-state index in [-0.39, 0.29) is 21.2 Å². The van der Waals surface area contributed by atoms with Crippen molar-refractivity contribution in [2.75, 3.05) is 0 Å². The second-order valence-corrected chi connectivity index (χ2v) is 6.36. The summed E-state index contributed by atoms with van der Waals surface area (Å²) >= 11 is 0. The van der Waals surface area contributed by atoms with Crippen LogP contribution in [0.3, 0.4) is 0 Å². The summed E-state index contributed by atoms with van der Waals surface area (Å²) < 4.78 is 0. The summed E-state index contributed by atoms with van der Waals surface area (Å²) in [4.78, 5) is 31.4. The number of hydrogen-bond acceptors (Lipinski definition) is 5. The lowest BCUT2D eigenvalue weighted by atomic mass is 10.1. The highest BCUT2D eigenvalue weighted by atomic mass is 16.6. The Bertz CT molecular complexity index is 538. The molecule has 0 rings (SSSR count). The highest BCUT2D eigenvalue weighted by Crippen LogP contribution is 2.13. The van der Waals surface area contributed by atoms with Crippen molar-refractivity contribution in [2.45, 2.75) is 84.0 Å². The van der Waals surface area contributed by atoms with Gasteiger partial charge in [-0.15, -0.1) is 0 Å². The van der Waals surface area contributed by atoms with Crippen molar-refractivity contribution >= 4 is 6.29 Å². The highest BCUT2D eigenvalue weighted by molar-refractivity contribution is 5.50. The Morgan fingerprint density at radius 3 is 1.74 bits per heavy atom. The van der Waals surface area contributed by atoms with E-state index in [1.807, 2.05) is 6.29 Å². The molecule has 0 spiro atoms. The van der Waals surface area contributed by atoms with E-state index < -0.39 is 0 Å². The maximum atomic E-state index is 11.1. The average molecular weight is 379 g/mol. The SMILES string of the molecule is CCCCC/C(=C\C/C=C\C/C=C(\CCCCCC[C]=O)[N+](=O)[O-])[N+](=O)[O-].